The summed E-state index contributed by atoms with van der Waals surface area (Å²) in [7, 11) is -1.41. The summed E-state index contributed by atoms with van der Waals surface area (Å²) in [6.45, 7) is 7.14. The van der Waals surface area contributed by atoms with Gasteiger partial charge in [-0.05, 0) is 34.0 Å². The van der Waals surface area contributed by atoms with Crippen LogP contribution in [0, 0.1) is 6.92 Å². The van der Waals surface area contributed by atoms with Crippen molar-refractivity contribution in [3.63, 3.8) is 0 Å². The molecule has 0 atom stereocenters. The van der Waals surface area contributed by atoms with E-state index in [0.29, 0.717) is 0 Å². The predicted molar refractivity (Wildman–Crippen MR) is 73.4 cm³/mol. The molecule has 0 amide bonds. The highest BCUT2D eigenvalue weighted by Gasteiger charge is 2.37. The molecule has 0 fully saturated rings. The molecule has 0 bridgehead atoms. The Labute approximate surface area is 98.0 Å². The van der Waals surface area contributed by atoms with E-state index in [1.54, 1.807) is 10.4 Å². The Morgan fingerprint density at radius 2 is 1.50 bits per heavy atom. The lowest BCUT2D eigenvalue weighted by atomic mass is 10.0. The molecule has 16 heavy (non-hydrogen) atoms. The summed E-state index contributed by atoms with van der Waals surface area (Å²) in [5.41, 5.74) is 4.41. The molecule has 3 rings (SSSR count). The van der Waals surface area contributed by atoms with Gasteiger partial charge in [0.15, 0.2) is 0 Å². The molecular formula is C15H16Si. The zero-order valence-corrected chi connectivity index (χ0v) is 11.0. The van der Waals surface area contributed by atoms with Crippen molar-refractivity contribution >= 4 is 18.4 Å². The van der Waals surface area contributed by atoms with Gasteiger partial charge in [-0.2, -0.15) is 0 Å². The van der Waals surface area contributed by atoms with Gasteiger partial charge < -0.3 is 0 Å². The van der Waals surface area contributed by atoms with Gasteiger partial charge >= 0.3 is 0 Å². The SMILES string of the molecule is Cc1cccc2c1-c1ccccc1[Si]2(C)C. The minimum Gasteiger partial charge on any atom is -0.0623 e. The smallest absolute Gasteiger partial charge is 0.0623 e. The van der Waals surface area contributed by atoms with Crippen LogP contribution in [-0.4, -0.2) is 8.07 Å². The summed E-state index contributed by atoms with van der Waals surface area (Å²) in [5, 5.41) is 3.20. The first kappa shape index (κ1) is 9.85. The fourth-order valence-electron chi connectivity index (χ4n) is 2.94. The van der Waals surface area contributed by atoms with Gasteiger partial charge in [0, 0.05) is 0 Å². The third kappa shape index (κ3) is 1.09. The summed E-state index contributed by atoms with van der Waals surface area (Å²) in [5.74, 6) is 0. The van der Waals surface area contributed by atoms with Gasteiger partial charge in [-0.1, -0.05) is 55.6 Å². The van der Waals surface area contributed by atoms with Crippen LogP contribution in [0.1, 0.15) is 5.56 Å². The fraction of sp³-hybridized carbons (Fsp3) is 0.200. The topological polar surface area (TPSA) is 0 Å². The van der Waals surface area contributed by atoms with Crippen LogP contribution in [-0.2, 0) is 0 Å². The third-order valence-corrected chi connectivity index (χ3v) is 7.36. The number of hydrogen-bond acceptors (Lipinski definition) is 0. The summed E-state index contributed by atoms with van der Waals surface area (Å²) >= 11 is 0. The van der Waals surface area contributed by atoms with Crippen molar-refractivity contribution in [2.75, 3.05) is 0 Å². The first-order chi connectivity index (χ1) is 7.62. The van der Waals surface area contributed by atoms with E-state index in [4.69, 9.17) is 0 Å². The van der Waals surface area contributed by atoms with E-state index in [-0.39, 0.29) is 0 Å². The van der Waals surface area contributed by atoms with Crippen LogP contribution < -0.4 is 10.4 Å². The maximum absolute atomic E-state index is 2.46. The molecular weight excluding hydrogens is 208 g/mol. The highest BCUT2D eigenvalue weighted by Crippen LogP contribution is 2.30. The Morgan fingerprint density at radius 3 is 2.31 bits per heavy atom. The molecule has 0 aliphatic carbocycles. The molecule has 1 aliphatic rings. The molecule has 2 aromatic carbocycles. The first-order valence-electron chi connectivity index (χ1n) is 5.82. The maximum atomic E-state index is 2.46. The number of fused-ring (bicyclic) bond motifs is 3. The van der Waals surface area contributed by atoms with Crippen molar-refractivity contribution in [3.8, 4) is 11.1 Å². The van der Waals surface area contributed by atoms with E-state index >= 15 is 0 Å². The Hall–Kier alpha value is -1.34. The van der Waals surface area contributed by atoms with Crippen LogP contribution in [0.2, 0.25) is 13.1 Å². The highest BCUT2D eigenvalue weighted by atomic mass is 28.3. The van der Waals surface area contributed by atoms with E-state index in [1.807, 2.05) is 0 Å². The number of benzene rings is 2. The van der Waals surface area contributed by atoms with Crippen molar-refractivity contribution in [1.82, 2.24) is 0 Å². The van der Waals surface area contributed by atoms with E-state index in [9.17, 15) is 0 Å². The van der Waals surface area contributed by atoms with Gasteiger partial charge in [0.25, 0.3) is 0 Å². The van der Waals surface area contributed by atoms with Crippen molar-refractivity contribution in [3.05, 3.63) is 48.0 Å². The molecule has 0 aromatic heterocycles. The van der Waals surface area contributed by atoms with Gasteiger partial charge in [0.1, 0.15) is 8.07 Å². The van der Waals surface area contributed by atoms with Gasteiger partial charge in [0.05, 0.1) is 0 Å². The van der Waals surface area contributed by atoms with Gasteiger partial charge in [-0.25, -0.2) is 0 Å². The minimum absolute atomic E-state index is 1.41. The minimum atomic E-state index is -1.41. The van der Waals surface area contributed by atoms with Gasteiger partial charge in [-0.3, -0.25) is 0 Å². The lowest BCUT2D eigenvalue weighted by Crippen LogP contribution is -2.49. The monoisotopic (exact) mass is 224 g/mol. The van der Waals surface area contributed by atoms with Crippen molar-refractivity contribution < 1.29 is 0 Å². The first-order valence-corrected chi connectivity index (χ1v) is 8.82. The van der Waals surface area contributed by atoms with Crippen LogP contribution in [0.5, 0.6) is 0 Å². The average molecular weight is 224 g/mol. The van der Waals surface area contributed by atoms with Crippen LogP contribution in [0.3, 0.4) is 0 Å². The van der Waals surface area contributed by atoms with Crippen LogP contribution in [0.15, 0.2) is 42.5 Å². The summed E-state index contributed by atoms with van der Waals surface area (Å²) in [6, 6.07) is 15.7. The summed E-state index contributed by atoms with van der Waals surface area (Å²) < 4.78 is 0. The van der Waals surface area contributed by atoms with Crippen molar-refractivity contribution in [2.24, 2.45) is 0 Å². The Kier molecular flexibility index (Phi) is 1.90. The van der Waals surface area contributed by atoms with Crippen molar-refractivity contribution in [2.45, 2.75) is 20.0 Å². The third-order valence-electron chi connectivity index (χ3n) is 3.82. The average Bonchev–Trinajstić information content (AvgIpc) is 2.51. The Morgan fingerprint density at radius 1 is 0.812 bits per heavy atom. The summed E-state index contributed by atoms with van der Waals surface area (Å²) in [4.78, 5) is 0. The molecule has 0 radical (unpaired) electrons. The highest BCUT2D eigenvalue weighted by molar-refractivity contribution is 7.03. The predicted octanol–water partition coefficient (Wildman–Crippen LogP) is 2.80. The number of hydrogen-bond donors (Lipinski definition) is 0. The number of aryl methyl sites for hydroxylation is 1. The molecule has 2 aromatic rings. The van der Waals surface area contributed by atoms with E-state index in [2.05, 4.69) is 62.5 Å². The quantitative estimate of drug-likeness (QED) is 0.604. The molecule has 0 unspecified atom stereocenters. The number of rotatable bonds is 0. The van der Waals surface area contributed by atoms with Crippen LogP contribution >= 0.6 is 0 Å². The molecule has 1 heterocycles. The zero-order valence-electron chi connectivity index (χ0n) is 10.0. The lowest BCUT2D eigenvalue weighted by molar-refractivity contribution is 1.49. The van der Waals surface area contributed by atoms with E-state index in [0.717, 1.165) is 0 Å². The molecule has 0 spiro atoms. The molecule has 0 saturated carbocycles. The van der Waals surface area contributed by atoms with Crippen LogP contribution in [0.25, 0.3) is 11.1 Å². The van der Waals surface area contributed by atoms with Crippen LogP contribution in [0.4, 0.5) is 0 Å². The maximum Gasteiger partial charge on any atom is 0.113 e. The standard InChI is InChI=1S/C15H16Si/c1-11-7-6-10-14-15(11)12-8-4-5-9-13(12)16(14,2)3/h4-10H,1-3H3. The normalized spacial score (nSPS) is 15.7. The summed E-state index contributed by atoms with van der Waals surface area (Å²) in [6.07, 6.45) is 0. The molecule has 80 valence electrons. The Bertz CT molecular complexity index is 567. The second-order valence-electron chi connectivity index (χ2n) is 5.17. The largest absolute Gasteiger partial charge is 0.113 e. The molecule has 1 heteroatoms. The second kappa shape index (κ2) is 3.08. The lowest BCUT2D eigenvalue weighted by Gasteiger charge is -2.18. The van der Waals surface area contributed by atoms with Gasteiger partial charge in [0.2, 0.25) is 0 Å². The molecule has 0 nitrogen and oxygen atoms in total. The molecule has 1 aliphatic heterocycles. The molecule has 0 saturated heterocycles. The van der Waals surface area contributed by atoms with Gasteiger partial charge in [-0.15, -0.1) is 0 Å². The fourth-order valence-corrected chi connectivity index (χ4v) is 6.09. The van der Waals surface area contributed by atoms with E-state index in [1.165, 1.54) is 16.7 Å². The molecule has 0 N–H and O–H groups in total. The Balaban J connectivity index is 2.45. The second-order valence-corrected chi connectivity index (χ2v) is 9.50. The van der Waals surface area contributed by atoms with E-state index < -0.39 is 8.07 Å². The van der Waals surface area contributed by atoms with Crippen molar-refractivity contribution in [1.29, 1.82) is 0 Å². The zero-order chi connectivity index (χ0) is 11.3.